The maximum Gasteiger partial charge on any atom is 0.258 e. The van der Waals surface area contributed by atoms with Gasteiger partial charge in [0.15, 0.2) is 6.61 Å². The van der Waals surface area contributed by atoms with Gasteiger partial charge < -0.3 is 19.2 Å². The van der Waals surface area contributed by atoms with Crippen LogP contribution in [0, 0.1) is 5.82 Å². The Morgan fingerprint density at radius 2 is 2.06 bits per heavy atom. The number of nitrogens with zero attached hydrogens (tertiary/aromatic N) is 3. The Morgan fingerprint density at radius 1 is 1.18 bits per heavy atom. The molecule has 2 aliphatic rings. The number of benzene rings is 1. The maximum absolute atomic E-state index is 13.4. The topological polar surface area (TPSA) is 99.4 Å². The molecule has 1 aromatic carbocycles. The molecule has 1 aliphatic heterocycles. The van der Waals surface area contributed by atoms with Gasteiger partial charge in [-0.05, 0) is 49.9 Å². The van der Waals surface area contributed by atoms with Gasteiger partial charge in [-0.3, -0.25) is 9.78 Å². The van der Waals surface area contributed by atoms with Crippen LogP contribution in [0.2, 0.25) is 5.02 Å². The Bertz CT molecular complexity index is 1130. The van der Waals surface area contributed by atoms with Gasteiger partial charge in [-0.2, -0.15) is 0 Å². The van der Waals surface area contributed by atoms with Crippen molar-refractivity contribution < 1.29 is 23.1 Å². The zero-order valence-corrected chi connectivity index (χ0v) is 18.4. The molecule has 33 heavy (non-hydrogen) atoms. The number of carbonyl (C=O) groups is 1. The van der Waals surface area contributed by atoms with Gasteiger partial charge >= 0.3 is 0 Å². The van der Waals surface area contributed by atoms with Crippen LogP contribution in [0.1, 0.15) is 49.3 Å². The highest BCUT2D eigenvalue weighted by Crippen LogP contribution is 2.39. The van der Waals surface area contributed by atoms with E-state index in [0.717, 1.165) is 17.3 Å². The number of hydrogen-bond acceptors (Lipinski definition) is 7. The number of amides is 1. The van der Waals surface area contributed by atoms with E-state index < -0.39 is 5.82 Å². The lowest BCUT2D eigenvalue weighted by molar-refractivity contribution is -0.125. The molecule has 172 valence electrons. The third-order valence-electron chi connectivity index (χ3n) is 5.65. The van der Waals surface area contributed by atoms with Crippen molar-refractivity contribution in [3.05, 3.63) is 59.0 Å². The predicted molar refractivity (Wildman–Crippen MR) is 116 cm³/mol. The number of ether oxygens (including phenoxy) is 2. The zero-order valence-electron chi connectivity index (χ0n) is 17.7. The Kier molecular flexibility index (Phi) is 6.24. The number of carbonyl (C=O) groups excluding carboxylic acids is 1. The lowest BCUT2D eigenvalue weighted by Crippen LogP contribution is -2.43. The minimum Gasteiger partial charge on any atom is -0.484 e. The van der Waals surface area contributed by atoms with Crippen molar-refractivity contribution >= 4 is 17.5 Å². The lowest BCUT2D eigenvalue weighted by Gasteiger charge is -2.27. The molecule has 1 saturated heterocycles. The normalized spacial score (nSPS) is 20.4. The highest BCUT2D eigenvalue weighted by atomic mass is 35.5. The summed E-state index contributed by atoms with van der Waals surface area (Å²) in [5, 5.41) is 11.1. The molecule has 2 fully saturated rings. The van der Waals surface area contributed by atoms with Crippen LogP contribution in [0.25, 0.3) is 11.5 Å². The molecule has 0 spiro atoms. The second kappa shape index (κ2) is 9.44. The van der Waals surface area contributed by atoms with Crippen LogP contribution < -0.4 is 10.1 Å². The second-order valence-electron chi connectivity index (χ2n) is 8.22. The summed E-state index contributed by atoms with van der Waals surface area (Å²) in [6.45, 7) is 0.0723. The summed E-state index contributed by atoms with van der Waals surface area (Å²) in [6, 6.07) is 7.81. The Balaban J connectivity index is 1.09. The molecular formula is C23H22ClFN4O4. The average molecular weight is 473 g/mol. The Labute approximate surface area is 194 Å². The van der Waals surface area contributed by atoms with E-state index in [1.54, 1.807) is 6.20 Å². The summed E-state index contributed by atoms with van der Waals surface area (Å²) in [5.41, 5.74) is 1.88. The van der Waals surface area contributed by atoms with E-state index in [9.17, 15) is 9.18 Å². The Morgan fingerprint density at radius 3 is 2.76 bits per heavy atom. The van der Waals surface area contributed by atoms with Crippen molar-refractivity contribution in [2.75, 3.05) is 13.2 Å². The summed E-state index contributed by atoms with van der Waals surface area (Å²) in [6.07, 6.45) is 5.14. The molecule has 8 nitrogen and oxygen atoms in total. The molecule has 2 atom stereocenters. The lowest BCUT2D eigenvalue weighted by atomic mass is 10.0. The standard InChI is InChI=1S/C23H22ClFN4O4/c24-17-6-5-16(9-18(17)25)31-12-21(30)27-15-4-8-20(32-11-15)23-29-28-22(33-23)14-3-7-19(26-10-14)13-1-2-13/h3,5-7,9-10,13,15,20H,1-2,4,8,11-12H2,(H,27,30)/t15-,20+/m1/s1. The monoisotopic (exact) mass is 472 g/mol. The van der Waals surface area contributed by atoms with Gasteiger partial charge in [-0.25, -0.2) is 4.39 Å². The van der Waals surface area contributed by atoms with Gasteiger partial charge in [0.05, 0.1) is 23.2 Å². The van der Waals surface area contributed by atoms with Crippen LogP contribution in [0.15, 0.2) is 40.9 Å². The minimum atomic E-state index is -0.600. The summed E-state index contributed by atoms with van der Waals surface area (Å²) in [7, 11) is 0. The van der Waals surface area contributed by atoms with E-state index in [1.807, 2.05) is 12.1 Å². The van der Waals surface area contributed by atoms with Gasteiger partial charge in [0.25, 0.3) is 5.91 Å². The van der Waals surface area contributed by atoms with Gasteiger partial charge in [-0.15, -0.1) is 10.2 Å². The van der Waals surface area contributed by atoms with Crippen molar-refractivity contribution in [3.63, 3.8) is 0 Å². The smallest absolute Gasteiger partial charge is 0.258 e. The molecular weight excluding hydrogens is 451 g/mol. The van der Waals surface area contributed by atoms with Gasteiger partial charge in [0, 0.05) is 23.9 Å². The highest BCUT2D eigenvalue weighted by molar-refractivity contribution is 6.30. The summed E-state index contributed by atoms with van der Waals surface area (Å²) in [5.74, 6) is 0.727. The van der Waals surface area contributed by atoms with Crippen molar-refractivity contribution in [2.24, 2.45) is 0 Å². The van der Waals surface area contributed by atoms with Gasteiger partial charge in [0.2, 0.25) is 11.8 Å². The highest BCUT2D eigenvalue weighted by Gasteiger charge is 2.29. The van der Waals surface area contributed by atoms with E-state index in [0.29, 0.717) is 37.1 Å². The molecule has 3 heterocycles. The molecule has 0 bridgehead atoms. The number of halogens is 2. The summed E-state index contributed by atoms with van der Waals surface area (Å²) in [4.78, 5) is 16.6. The van der Waals surface area contributed by atoms with E-state index in [2.05, 4.69) is 20.5 Å². The molecule has 3 aromatic rings. The molecule has 1 saturated carbocycles. The van der Waals surface area contributed by atoms with Crippen molar-refractivity contribution in [2.45, 2.75) is 43.7 Å². The van der Waals surface area contributed by atoms with E-state index in [4.69, 9.17) is 25.5 Å². The van der Waals surface area contributed by atoms with E-state index in [1.165, 1.54) is 25.0 Å². The molecule has 0 radical (unpaired) electrons. The Hall–Kier alpha value is -3.04. The summed E-state index contributed by atoms with van der Waals surface area (Å²) >= 11 is 5.64. The predicted octanol–water partition coefficient (Wildman–Crippen LogP) is 4.22. The van der Waals surface area contributed by atoms with E-state index >= 15 is 0 Å². The van der Waals surface area contributed by atoms with Crippen LogP contribution in [0.5, 0.6) is 5.75 Å². The quantitative estimate of drug-likeness (QED) is 0.549. The number of hydrogen-bond donors (Lipinski definition) is 1. The molecule has 1 amide bonds. The van der Waals surface area contributed by atoms with Gasteiger partial charge in [-0.1, -0.05) is 11.6 Å². The SMILES string of the molecule is O=C(COc1ccc(Cl)c(F)c1)N[C@@H]1CC[C@@H](c2nnc(-c3ccc(C4CC4)nc3)o2)OC1. The molecule has 1 aliphatic carbocycles. The van der Waals surface area contributed by atoms with Crippen LogP contribution in [0.4, 0.5) is 4.39 Å². The zero-order chi connectivity index (χ0) is 22.8. The number of nitrogens with one attached hydrogen (secondary N) is 1. The first-order valence-electron chi connectivity index (χ1n) is 10.8. The number of aromatic nitrogens is 3. The van der Waals surface area contributed by atoms with Crippen molar-refractivity contribution in [3.8, 4) is 17.2 Å². The van der Waals surface area contributed by atoms with Crippen molar-refractivity contribution in [1.82, 2.24) is 20.5 Å². The first kappa shape index (κ1) is 21.8. The fraction of sp³-hybridized carbons (Fsp3) is 0.391. The van der Waals surface area contributed by atoms with Crippen LogP contribution in [-0.4, -0.2) is 40.3 Å². The van der Waals surface area contributed by atoms with Gasteiger partial charge in [0.1, 0.15) is 17.7 Å². The first-order chi connectivity index (χ1) is 16.0. The van der Waals surface area contributed by atoms with Crippen LogP contribution in [-0.2, 0) is 9.53 Å². The third kappa shape index (κ3) is 5.31. The van der Waals surface area contributed by atoms with E-state index in [-0.39, 0.29) is 35.4 Å². The molecule has 2 aromatic heterocycles. The molecule has 0 unspecified atom stereocenters. The number of rotatable bonds is 7. The fourth-order valence-electron chi connectivity index (χ4n) is 3.68. The molecule has 5 rings (SSSR count). The van der Waals surface area contributed by atoms with Crippen LogP contribution in [0.3, 0.4) is 0 Å². The first-order valence-corrected chi connectivity index (χ1v) is 11.2. The van der Waals surface area contributed by atoms with Crippen molar-refractivity contribution in [1.29, 1.82) is 0 Å². The fourth-order valence-corrected chi connectivity index (χ4v) is 3.80. The van der Waals surface area contributed by atoms with Crippen LogP contribution >= 0.6 is 11.6 Å². The average Bonchev–Trinajstić information content (AvgIpc) is 3.57. The molecule has 10 heteroatoms. The maximum atomic E-state index is 13.4. The number of pyridine rings is 1. The summed E-state index contributed by atoms with van der Waals surface area (Å²) < 4.78 is 30.4. The second-order valence-corrected chi connectivity index (χ2v) is 8.63. The minimum absolute atomic E-state index is 0.00257. The third-order valence-corrected chi connectivity index (χ3v) is 5.95. The molecule has 1 N–H and O–H groups in total. The largest absolute Gasteiger partial charge is 0.484 e.